The molecule has 5 heteroatoms. The molecule has 0 amide bonds. The molecule has 0 aromatic carbocycles. The third-order valence-electron chi connectivity index (χ3n) is 1.24. The van der Waals surface area contributed by atoms with E-state index in [-0.39, 0.29) is 5.24 Å². The standard InChI is InChI=1S/C8H13ClOS3/c1-4-5-12-7(11)13-8(2,3)6(9)10/h4-5H2,1-3H3. The zero-order chi connectivity index (χ0) is 10.5. The first-order valence-corrected chi connectivity index (χ1v) is 6.54. The monoisotopic (exact) mass is 256 g/mol. The van der Waals surface area contributed by atoms with E-state index in [2.05, 4.69) is 6.92 Å². The summed E-state index contributed by atoms with van der Waals surface area (Å²) in [4.78, 5) is 11.0. The van der Waals surface area contributed by atoms with Crippen molar-refractivity contribution in [3.05, 3.63) is 0 Å². The van der Waals surface area contributed by atoms with Crippen LogP contribution in [0.2, 0.25) is 0 Å². The van der Waals surface area contributed by atoms with Gasteiger partial charge in [-0.05, 0) is 37.6 Å². The summed E-state index contributed by atoms with van der Waals surface area (Å²) < 4.78 is 0.195. The Kier molecular flexibility index (Phi) is 6.64. The predicted molar refractivity (Wildman–Crippen MR) is 67.9 cm³/mol. The van der Waals surface area contributed by atoms with Crippen LogP contribution >= 0.6 is 47.3 Å². The Labute approximate surface area is 98.4 Å². The predicted octanol–water partition coefficient (Wildman–Crippen LogP) is 3.69. The molecule has 0 unspecified atom stereocenters. The quantitative estimate of drug-likeness (QED) is 0.563. The van der Waals surface area contributed by atoms with Crippen molar-refractivity contribution < 1.29 is 4.79 Å². The van der Waals surface area contributed by atoms with Crippen molar-refractivity contribution in [3.8, 4) is 0 Å². The van der Waals surface area contributed by atoms with E-state index in [4.69, 9.17) is 23.8 Å². The molecule has 0 radical (unpaired) electrons. The van der Waals surface area contributed by atoms with Gasteiger partial charge in [-0.25, -0.2) is 0 Å². The van der Waals surface area contributed by atoms with Gasteiger partial charge in [-0.3, -0.25) is 4.79 Å². The first-order valence-electron chi connectivity index (χ1n) is 3.96. The van der Waals surface area contributed by atoms with Crippen LogP contribution in [-0.2, 0) is 4.79 Å². The molecule has 76 valence electrons. The minimum atomic E-state index is -0.598. The summed E-state index contributed by atoms with van der Waals surface area (Å²) in [6, 6.07) is 0. The Morgan fingerprint density at radius 2 is 2.08 bits per heavy atom. The summed E-state index contributed by atoms with van der Waals surface area (Å²) in [5.41, 5.74) is 0. The summed E-state index contributed by atoms with van der Waals surface area (Å²) in [6.45, 7) is 5.66. The van der Waals surface area contributed by atoms with Gasteiger partial charge >= 0.3 is 0 Å². The van der Waals surface area contributed by atoms with E-state index in [0.717, 1.165) is 15.7 Å². The molecule has 0 aliphatic carbocycles. The molecule has 1 nitrogen and oxygen atoms in total. The van der Waals surface area contributed by atoms with Crippen LogP contribution in [0.3, 0.4) is 0 Å². The third kappa shape index (κ3) is 5.94. The lowest BCUT2D eigenvalue weighted by Crippen LogP contribution is -2.24. The number of thioether (sulfide) groups is 2. The Morgan fingerprint density at radius 1 is 1.54 bits per heavy atom. The molecule has 0 bridgehead atoms. The SMILES string of the molecule is CCCSC(=S)SC(C)(C)C(=O)Cl. The minimum Gasteiger partial charge on any atom is -0.280 e. The van der Waals surface area contributed by atoms with Crippen LogP contribution in [0.4, 0.5) is 0 Å². The zero-order valence-electron chi connectivity index (χ0n) is 7.93. The highest BCUT2D eigenvalue weighted by Crippen LogP contribution is 2.32. The first-order chi connectivity index (χ1) is 5.90. The van der Waals surface area contributed by atoms with E-state index in [1.807, 2.05) is 0 Å². The number of halogens is 1. The van der Waals surface area contributed by atoms with Crippen LogP contribution in [0.25, 0.3) is 0 Å². The molecule has 0 saturated heterocycles. The van der Waals surface area contributed by atoms with Gasteiger partial charge in [0.2, 0.25) is 5.24 Å². The van der Waals surface area contributed by atoms with Gasteiger partial charge in [-0.1, -0.05) is 30.9 Å². The van der Waals surface area contributed by atoms with Gasteiger partial charge < -0.3 is 0 Å². The molecule has 0 saturated carbocycles. The lowest BCUT2D eigenvalue weighted by molar-refractivity contribution is -0.113. The molecule has 0 rings (SSSR count). The Hall–Kier alpha value is 0.750. The molecule has 0 N–H and O–H groups in total. The average Bonchev–Trinajstić information content (AvgIpc) is 1.99. The number of hydrogen-bond acceptors (Lipinski definition) is 4. The lowest BCUT2D eigenvalue weighted by atomic mass is 10.2. The Balaban J connectivity index is 3.97. The first kappa shape index (κ1) is 13.8. The van der Waals surface area contributed by atoms with E-state index >= 15 is 0 Å². The molecular formula is C8H13ClOS3. The van der Waals surface area contributed by atoms with Gasteiger partial charge in [-0.2, -0.15) is 0 Å². The summed E-state index contributed by atoms with van der Waals surface area (Å²) in [5.74, 6) is 0.998. The van der Waals surface area contributed by atoms with Crippen molar-refractivity contribution in [2.24, 2.45) is 0 Å². The van der Waals surface area contributed by atoms with Crippen LogP contribution in [0.5, 0.6) is 0 Å². The Morgan fingerprint density at radius 3 is 2.46 bits per heavy atom. The van der Waals surface area contributed by atoms with Gasteiger partial charge in [0.25, 0.3) is 0 Å². The van der Waals surface area contributed by atoms with Gasteiger partial charge in [0.05, 0.1) is 4.75 Å². The molecule has 0 aromatic heterocycles. The van der Waals surface area contributed by atoms with E-state index in [1.165, 1.54) is 11.8 Å². The number of carbonyl (C=O) groups is 1. The molecule has 0 heterocycles. The molecule has 0 aliphatic rings. The maximum absolute atomic E-state index is 11.0. The smallest absolute Gasteiger partial charge is 0.237 e. The van der Waals surface area contributed by atoms with Crippen molar-refractivity contribution in [2.45, 2.75) is 31.9 Å². The average molecular weight is 257 g/mol. The maximum Gasteiger partial charge on any atom is 0.237 e. The fraction of sp³-hybridized carbons (Fsp3) is 0.750. The highest BCUT2D eigenvalue weighted by Gasteiger charge is 2.28. The van der Waals surface area contributed by atoms with Crippen LogP contribution in [0.15, 0.2) is 0 Å². The second kappa shape index (κ2) is 6.27. The van der Waals surface area contributed by atoms with Gasteiger partial charge in [-0.15, -0.1) is 11.8 Å². The molecule has 13 heavy (non-hydrogen) atoms. The van der Waals surface area contributed by atoms with Crippen LogP contribution < -0.4 is 0 Å². The normalized spacial score (nSPS) is 11.4. The van der Waals surface area contributed by atoms with Crippen molar-refractivity contribution in [3.63, 3.8) is 0 Å². The number of rotatable bonds is 4. The molecular weight excluding hydrogens is 244 g/mol. The third-order valence-corrected chi connectivity index (χ3v) is 4.74. The van der Waals surface area contributed by atoms with E-state index in [0.29, 0.717) is 0 Å². The van der Waals surface area contributed by atoms with Crippen molar-refractivity contribution in [1.29, 1.82) is 0 Å². The zero-order valence-corrected chi connectivity index (χ0v) is 11.1. The van der Waals surface area contributed by atoms with Crippen LogP contribution in [0, 0.1) is 0 Å². The highest BCUT2D eigenvalue weighted by atomic mass is 35.5. The van der Waals surface area contributed by atoms with Gasteiger partial charge in [0.1, 0.15) is 3.53 Å². The molecule has 0 fully saturated rings. The van der Waals surface area contributed by atoms with Gasteiger partial charge in [0.15, 0.2) is 0 Å². The fourth-order valence-electron chi connectivity index (χ4n) is 0.463. The fourth-order valence-corrected chi connectivity index (χ4v) is 3.43. The number of hydrogen-bond donors (Lipinski definition) is 0. The second-order valence-corrected chi connectivity index (χ2v) is 7.25. The van der Waals surface area contributed by atoms with Crippen molar-refractivity contribution in [1.82, 2.24) is 0 Å². The summed E-state index contributed by atoms with van der Waals surface area (Å²) >= 11 is 13.5. The molecule has 0 aromatic rings. The van der Waals surface area contributed by atoms with Gasteiger partial charge in [0, 0.05) is 0 Å². The number of thiocarbonyl (C=S) groups is 1. The van der Waals surface area contributed by atoms with E-state index < -0.39 is 4.75 Å². The molecule has 0 spiro atoms. The summed E-state index contributed by atoms with van der Waals surface area (Å²) in [5, 5.41) is -0.350. The van der Waals surface area contributed by atoms with Crippen molar-refractivity contribution in [2.75, 3.05) is 5.75 Å². The largest absolute Gasteiger partial charge is 0.280 e. The summed E-state index contributed by atoms with van der Waals surface area (Å²) in [6.07, 6.45) is 1.08. The molecule has 0 aliphatic heterocycles. The maximum atomic E-state index is 11.0. The van der Waals surface area contributed by atoms with Crippen molar-refractivity contribution >= 4 is 56.1 Å². The second-order valence-electron chi connectivity index (χ2n) is 2.98. The van der Waals surface area contributed by atoms with E-state index in [1.54, 1.807) is 25.6 Å². The summed E-state index contributed by atoms with van der Waals surface area (Å²) in [7, 11) is 0. The topological polar surface area (TPSA) is 17.1 Å². The molecule has 0 atom stereocenters. The Bertz CT molecular complexity index is 204. The van der Waals surface area contributed by atoms with Crippen LogP contribution in [-0.4, -0.2) is 19.3 Å². The van der Waals surface area contributed by atoms with Crippen LogP contribution in [0.1, 0.15) is 27.2 Å². The highest BCUT2D eigenvalue weighted by molar-refractivity contribution is 8.47. The lowest BCUT2D eigenvalue weighted by Gasteiger charge is -2.18. The minimum absolute atomic E-state index is 0.350. The number of carbonyl (C=O) groups excluding carboxylic acids is 1. The van der Waals surface area contributed by atoms with E-state index in [9.17, 15) is 4.79 Å².